The fourth-order valence-electron chi connectivity index (χ4n) is 3.28. The van der Waals surface area contributed by atoms with Gasteiger partial charge in [-0.2, -0.15) is 0 Å². The zero-order valence-electron chi connectivity index (χ0n) is 17.5. The van der Waals surface area contributed by atoms with Crippen LogP contribution >= 0.6 is 0 Å². The normalized spacial score (nSPS) is 10.8. The molecule has 3 aromatic rings. The summed E-state index contributed by atoms with van der Waals surface area (Å²) in [5.41, 5.74) is 9.88. The number of hydrogen-bond donors (Lipinski definition) is 1. The molecule has 2 aromatic carbocycles. The van der Waals surface area contributed by atoms with Crippen LogP contribution in [-0.4, -0.2) is 23.4 Å². The van der Waals surface area contributed by atoms with E-state index < -0.39 is 4.92 Å². The van der Waals surface area contributed by atoms with E-state index in [1.54, 1.807) is 43.6 Å². The molecule has 1 amide bonds. The van der Waals surface area contributed by atoms with Gasteiger partial charge in [-0.15, -0.1) is 0 Å². The predicted octanol–water partition coefficient (Wildman–Crippen LogP) is 4.43. The second kappa shape index (κ2) is 9.08. The number of hydrogen-bond acceptors (Lipinski definition) is 6. The Morgan fingerprint density at radius 2 is 1.74 bits per heavy atom. The zero-order chi connectivity index (χ0) is 22.5. The third-order valence-corrected chi connectivity index (χ3v) is 5.01. The molecule has 8 nitrogen and oxygen atoms in total. The first kappa shape index (κ1) is 21.5. The Kier molecular flexibility index (Phi) is 6.30. The lowest BCUT2D eigenvalue weighted by molar-refractivity contribution is -0.383. The average molecular weight is 417 g/mol. The van der Waals surface area contributed by atoms with Crippen molar-refractivity contribution in [2.45, 2.75) is 13.8 Å². The number of nitrogens with two attached hydrogens (primary N) is 1. The summed E-state index contributed by atoms with van der Waals surface area (Å²) in [5.74, 6) is -0.154. The van der Waals surface area contributed by atoms with Crippen LogP contribution in [0.5, 0.6) is 0 Å². The van der Waals surface area contributed by atoms with Crippen LogP contribution in [0.15, 0.2) is 67.1 Å². The molecule has 0 aliphatic rings. The smallest absolute Gasteiger partial charge is 0.318 e. The topological polar surface area (TPSA) is 106 Å². The summed E-state index contributed by atoms with van der Waals surface area (Å²) in [6.45, 7) is 3.82. The molecule has 158 valence electrons. The van der Waals surface area contributed by atoms with E-state index >= 15 is 0 Å². The van der Waals surface area contributed by atoms with Crippen LogP contribution in [0.2, 0.25) is 0 Å². The molecule has 0 saturated heterocycles. The monoisotopic (exact) mass is 417 g/mol. The van der Waals surface area contributed by atoms with E-state index in [9.17, 15) is 14.9 Å². The number of aromatic nitrogens is 1. The van der Waals surface area contributed by atoms with E-state index in [-0.39, 0.29) is 11.5 Å². The molecule has 0 bridgehead atoms. The molecule has 8 heteroatoms. The van der Waals surface area contributed by atoms with Crippen LogP contribution in [0.1, 0.15) is 11.1 Å². The molecule has 1 aromatic heterocycles. The van der Waals surface area contributed by atoms with Gasteiger partial charge in [0.2, 0.25) is 12.2 Å². The summed E-state index contributed by atoms with van der Waals surface area (Å²) in [6.07, 6.45) is 5.55. The van der Waals surface area contributed by atoms with Crippen LogP contribution in [-0.2, 0) is 4.79 Å². The minimum Gasteiger partial charge on any atom is -0.378 e. The van der Waals surface area contributed by atoms with E-state index in [0.29, 0.717) is 28.8 Å². The first-order valence-electron chi connectivity index (χ1n) is 9.53. The van der Waals surface area contributed by atoms with Crippen molar-refractivity contribution in [1.29, 1.82) is 0 Å². The van der Waals surface area contributed by atoms with Crippen molar-refractivity contribution >= 4 is 29.3 Å². The van der Waals surface area contributed by atoms with Gasteiger partial charge in [0.25, 0.3) is 0 Å². The summed E-state index contributed by atoms with van der Waals surface area (Å²) in [4.78, 5) is 30.0. The molecule has 3 rings (SSSR count). The molecular weight excluding hydrogens is 394 g/mol. The van der Waals surface area contributed by atoms with Crippen molar-refractivity contribution < 1.29 is 9.72 Å². The number of nitrogen functional groups attached to an aromatic ring is 1. The van der Waals surface area contributed by atoms with Gasteiger partial charge >= 0.3 is 5.69 Å². The molecule has 0 atom stereocenters. The highest BCUT2D eigenvalue weighted by Crippen LogP contribution is 2.37. The molecule has 1 heterocycles. The molecule has 31 heavy (non-hydrogen) atoms. The summed E-state index contributed by atoms with van der Waals surface area (Å²) in [5, 5.41) is 11.5. The Hall–Kier alpha value is -4.20. The van der Waals surface area contributed by atoms with Crippen LogP contribution in [0.4, 0.5) is 22.9 Å². The Balaban J connectivity index is 1.98. The Labute approximate surface area is 180 Å². The van der Waals surface area contributed by atoms with Gasteiger partial charge in [-0.1, -0.05) is 29.8 Å². The van der Waals surface area contributed by atoms with Crippen molar-refractivity contribution in [2.75, 3.05) is 22.6 Å². The standard InChI is InChI=1S/C23H23N5O3/c1-16-7-9-18(10-8-16)26(3)13-14-27(15-29)21-6-4-5-19(17(21)2)20-11-12-25-23(24)22(20)28(30)31/h4-15H,1-3H3,(H2,24,25)/b14-13-. The first-order chi connectivity index (χ1) is 14.8. The molecule has 2 N–H and O–H groups in total. The third kappa shape index (κ3) is 4.53. The Bertz CT molecular complexity index is 1140. The number of carbonyl (C=O) groups excluding carboxylic acids is 1. The number of aryl methyl sites for hydroxylation is 1. The van der Waals surface area contributed by atoms with Crippen LogP contribution < -0.4 is 15.5 Å². The maximum absolute atomic E-state index is 11.8. The number of benzene rings is 2. The van der Waals surface area contributed by atoms with Gasteiger partial charge in [0, 0.05) is 31.3 Å². The van der Waals surface area contributed by atoms with Crippen LogP contribution in [0.3, 0.4) is 0 Å². The molecule has 0 saturated carbocycles. The van der Waals surface area contributed by atoms with E-state index in [1.165, 1.54) is 11.1 Å². The minimum absolute atomic E-state index is 0.154. The fourth-order valence-corrected chi connectivity index (χ4v) is 3.28. The SMILES string of the molecule is Cc1ccc(N(C)/C=C\N(C=O)c2cccc(-c3ccnc(N)c3[N+](=O)[O-])c2C)cc1. The van der Waals surface area contributed by atoms with Gasteiger partial charge in [0.15, 0.2) is 0 Å². The van der Waals surface area contributed by atoms with Gasteiger partial charge in [-0.3, -0.25) is 19.8 Å². The summed E-state index contributed by atoms with van der Waals surface area (Å²) in [7, 11) is 1.89. The van der Waals surface area contributed by atoms with Crippen LogP contribution in [0, 0.1) is 24.0 Å². The van der Waals surface area contributed by atoms with Crippen molar-refractivity contribution in [1.82, 2.24) is 4.98 Å². The molecule has 0 spiro atoms. The molecule has 0 fully saturated rings. The Morgan fingerprint density at radius 3 is 2.39 bits per heavy atom. The minimum atomic E-state index is -0.544. The lowest BCUT2D eigenvalue weighted by Gasteiger charge is -2.20. The van der Waals surface area contributed by atoms with Crippen molar-refractivity contribution in [3.63, 3.8) is 0 Å². The molecule has 0 unspecified atom stereocenters. The number of pyridine rings is 1. The highest BCUT2D eigenvalue weighted by atomic mass is 16.6. The van der Waals surface area contributed by atoms with Crippen molar-refractivity contribution in [3.05, 3.63) is 88.4 Å². The summed E-state index contributed by atoms with van der Waals surface area (Å²) in [6, 6.07) is 14.8. The maximum Gasteiger partial charge on any atom is 0.318 e. The number of nitrogens with zero attached hydrogens (tertiary/aromatic N) is 4. The van der Waals surface area contributed by atoms with Gasteiger partial charge < -0.3 is 10.6 Å². The largest absolute Gasteiger partial charge is 0.378 e. The van der Waals surface area contributed by atoms with Crippen molar-refractivity contribution in [3.8, 4) is 11.1 Å². The molecule has 0 aliphatic carbocycles. The van der Waals surface area contributed by atoms with E-state index in [0.717, 1.165) is 11.3 Å². The van der Waals surface area contributed by atoms with E-state index in [4.69, 9.17) is 5.73 Å². The summed E-state index contributed by atoms with van der Waals surface area (Å²) < 4.78 is 0. The lowest BCUT2D eigenvalue weighted by atomic mass is 9.98. The predicted molar refractivity (Wildman–Crippen MR) is 123 cm³/mol. The van der Waals surface area contributed by atoms with Crippen LogP contribution in [0.25, 0.3) is 11.1 Å². The van der Waals surface area contributed by atoms with Gasteiger partial charge in [0.1, 0.15) is 0 Å². The Morgan fingerprint density at radius 1 is 1.03 bits per heavy atom. The molecule has 0 radical (unpaired) electrons. The highest BCUT2D eigenvalue weighted by Gasteiger charge is 2.22. The zero-order valence-corrected chi connectivity index (χ0v) is 17.5. The number of carbonyl (C=O) groups is 1. The van der Waals surface area contributed by atoms with Gasteiger partial charge in [0.05, 0.1) is 16.2 Å². The van der Waals surface area contributed by atoms with Gasteiger partial charge in [-0.05, 0) is 49.2 Å². The number of nitro groups is 1. The maximum atomic E-state index is 11.8. The van der Waals surface area contributed by atoms with E-state index in [2.05, 4.69) is 4.98 Å². The lowest BCUT2D eigenvalue weighted by Crippen LogP contribution is -2.17. The third-order valence-electron chi connectivity index (χ3n) is 5.01. The van der Waals surface area contributed by atoms with Crippen molar-refractivity contribution in [2.24, 2.45) is 0 Å². The molecule has 0 aliphatic heterocycles. The average Bonchev–Trinajstić information content (AvgIpc) is 2.75. The quantitative estimate of drug-likeness (QED) is 0.346. The first-order valence-corrected chi connectivity index (χ1v) is 9.53. The fraction of sp³-hybridized carbons (Fsp3) is 0.130. The second-order valence-electron chi connectivity index (χ2n) is 7.06. The summed E-state index contributed by atoms with van der Waals surface area (Å²) >= 11 is 0. The highest BCUT2D eigenvalue weighted by molar-refractivity contribution is 5.87. The number of amides is 1. The number of anilines is 3. The second-order valence-corrected chi connectivity index (χ2v) is 7.06. The van der Waals surface area contributed by atoms with E-state index in [1.807, 2.05) is 43.1 Å². The van der Waals surface area contributed by atoms with Gasteiger partial charge in [-0.25, -0.2) is 4.98 Å². The number of rotatable bonds is 7. The molecular formula is C23H23N5O3.